The van der Waals surface area contributed by atoms with Crippen molar-refractivity contribution in [2.24, 2.45) is 0 Å². The molecule has 0 fully saturated rings. The van der Waals surface area contributed by atoms with Crippen molar-refractivity contribution in [2.75, 3.05) is 6.54 Å². The third-order valence-electron chi connectivity index (χ3n) is 2.42. The van der Waals surface area contributed by atoms with Gasteiger partial charge >= 0.3 is 0 Å². The Morgan fingerprint density at radius 3 is 2.35 bits per heavy atom. The van der Waals surface area contributed by atoms with Crippen molar-refractivity contribution < 1.29 is 0 Å². The Bertz CT molecular complexity index is 478. The monoisotopic (exact) mass is 305 g/mol. The van der Waals surface area contributed by atoms with Crippen LogP contribution in [0.3, 0.4) is 0 Å². The van der Waals surface area contributed by atoms with Gasteiger partial charge in [0.25, 0.3) is 0 Å². The first-order chi connectivity index (χ1) is 8.19. The van der Waals surface area contributed by atoms with Crippen LogP contribution in [0.15, 0.2) is 24.3 Å². The van der Waals surface area contributed by atoms with E-state index in [9.17, 15) is 0 Å². The summed E-state index contributed by atoms with van der Waals surface area (Å²) in [5, 5.41) is 3.49. The summed E-state index contributed by atoms with van der Waals surface area (Å²) in [5.74, 6) is 0. The smallest absolute Gasteiger partial charge is 0.0931 e. The zero-order valence-electron chi connectivity index (χ0n) is 9.37. The molecule has 2 aromatic heterocycles. The minimum Gasteiger partial charge on any atom is -0.309 e. The summed E-state index contributed by atoms with van der Waals surface area (Å²) in [5.41, 5.74) is 0. The number of nitrogens with one attached hydrogen (secondary N) is 1. The van der Waals surface area contributed by atoms with Crippen LogP contribution in [-0.2, 0) is 6.42 Å². The normalized spacial score (nSPS) is 12.9. The maximum atomic E-state index is 5.98. The molecule has 1 atom stereocenters. The lowest BCUT2D eigenvalue weighted by molar-refractivity contribution is 0.562. The fourth-order valence-electron chi connectivity index (χ4n) is 1.70. The Hall–Kier alpha value is -0.0600. The summed E-state index contributed by atoms with van der Waals surface area (Å²) in [7, 11) is 0. The van der Waals surface area contributed by atoms with Crippen LogP contribution < -0.4 is 5.32 Å². The highest BCUT2D eigenvalue weighted by atomic mass is 35.5. The third-order valence-corrected chi connectivity index (χ3v) is 5.02. The van der Waals surface area contributed by atoms with Gasteiger partial charge in [0.05, 0.1) is 8.67 Å². The van der Waals surface area contributed by atoms with E-state index in [0.29, 0.717) is 6.04 Å². The number of hydrogen-bond acceptors (Lipinski definition) is 3. The number of thiophene rings is 2. The van der Waals surface area contributed by atoms with Gasteiger partial charge in [0.15, 0.2) is 0 Å². The molecule has 17 heavy (non-hydrogen) atoms. The van der Waals surface area contributed by atoms with Crippen molar-refractivity contribution in [2.45, 2.75) is 19.4 Å². The van der Waals surface area contributed by atoms with E-state index in [4.69, 9.17) is 23.2 Å². The molecule has 0 spiro atoms. The minimum absolute atomic E-state index is 0.326. The molecule has 1 nitrogen and oxygen atoms in total. The fourth-order valence-corrected chi connectivity index (χ4v) is 3.97. The summed E-state index contributed by atoms with van der Waals surface area (Å²) in [6, 6.07) is 8.41. The average Bonchev–Trinajstić information content (AvgIpc) is 2.87. The zero-order valence-corrected chi connectivity index (χ0v) is 12.5. The largest absolute Gasteiger partial charge is 0.309 e. The van der Waals surface area contributed by atoms with Gasteiger partial charge in [-0.15, -0.1) is 22.7 Å². The van der Waals surface area contributed by atoms with Crippen LogP contribution in [-0.4, -0.2) is 6.54 Å². The van der Waals surface area contributed by atoms with E-state index in [-0.39, 0.29) is 0 Å². The molecule has 0 saturated carbocycles. The molecule has 2 aromatic rings. The van der Waals surface area contributed by atoms with E-state index >= 15 is 0 Å². The molecule has 0 aromatic carbocycles. The van der Waals surface area contributed by atoms with Gasteiger partial charge in [0, 0.05) is 22.2 Å². The summed E-state index contributed by atoms with van der Waals surface area (Å²) >= 11 is 15.2. The molecule has 0 aliphatic heterocycles. The molecular formula is C12H13Cl2NS2. The van der Waals surface area contributed by atoms with Gasteiger partial charge in [-0.25, -0.2) is 0 Å². The zero-order chi connectivity index (χ0) is 12.3. The summed E-state index contributed by atoms with van der Waals surface area (Å²) < 4.78 is 1.69. The molecule has 1 unspecified atom stereocenters. The minimum atomic E-state index is 0.326. The quantitative estimate of drug-likeness (QED) is 0.819. The van der Waals surface area contributed by atoms with Crippen LogP contribution in [0.25, 0.3) is 0 Å². The van der Waals surface area contributed by atoms with Gasteiger partial charge in [-0.1, -0.05) is 30.1 Å². The highest BCUT2D eigenvalue weighted by Gasteiger charge is 2.14. The highest BCUT2D eigenvalue weighted by Crippen LogP contribution is 2.31. The lowest BCUT2D eigenvalue weighted by Crippen LogP contribution is -2.21. The van der Waals surface area contributed by atoms with Gasteiger partial charge in [-0.05, 0) is 30.8 Å². The van der Waals surface area contributed by atoms with Crippen molar-refractivity contribution in [3.63, 3.8) is 0 Å². The second-order valence-electron chi connectivity index (χ2n) is 3.66. The van der Waals surface area contributed by atoms with E-state index in [1.807, 2.05) is 12.1 Å². The maximum Gasteiger partial charge on any atom is 0.0931 e. The Morgan fingerprint density at radius 2 is 1.82 bits per heavy atom. The molecule has 0 radical (unpaired) electrons. The van der Waals surface area contributed by atoms with Gasteiger partial charge in [0.2, 0.25) is 0 Å². The van der Waals surface area contributed by atoms with E-state index in [0.717, 1.165) is 21.6 Å². The van der Waals surface area contributed by atoms with Crippen LogP contribution in [0, 0.1) is 0 Å². The molecule has 2 rings (SSSR count). The predicted molar refractivity (Wildman–Crippen MR) is 78.8 cm³/mol. The van der Waals surface area contributed by atoms with Crippen molar-refractivity contribution in [1.29, 1.82) is 0 Å². The number of rotatable bonds is 5. The summed E-state index contributed by atoms with van der Waals surface area (Å²) in [6.07, 6.45) is 0.960. The van der Waals surface area contributed by atoms with Crippen LogP contribution >= 0.6 is 45.9 Å². The molecule has 1 N–H and O–H groups in total. The molecule has 0 aliphatic rings. The summed E-state index contributed by atoms with van der Waals surface area (Å²) in [4.78, 5) is 2.58. The third kappa shape index (κ3) is 3.70. The van der Waals surface area contributed by atoms with Crippen molar-refractivity contribution >= 4 is 45.9 Å². The first-order valence-electron chi connectivity index (χ1n) is 5.42. The molecule has 0 saturated heterocycles. The fraction of sp³-hybridized carbons (Fsp3) is 0.333. The summed E-state index contributed by atoms with van der Waals surface area (Å²) in [6.45, 7) is 3.06. The van der Waals surface area contributed by atoms with E-state index < -0.39 is 0 Å². The molecular weight excluding hydrogens is 293 g/mol. The second-order valence-corrected chi connectivity index (χ2v) is 7.21. The standard InChI is InChI=1S/C12H13Cl2NS2/c1-2-15-9(10-4-6-12(14)17-10)7-8-3-5-11(13)16-8/h3-6,9,15H,2,7H2,1H3. The van der Waals surface area contributed by atoms with Gasteiger partial charge < -0.3 is 5.32 Å². The lowest BCUT2D eigenvalue weighted by Gasteiger charge is -2.15. The van der Waals surface area contributed by atoms with E-state index in [2.05, 4.69) is 24.4 Å². The van der Waals surface area contributed by atoms with Gasteiger partial charge in [-0.3, -0.25) is 0 Å². The molecule has 0 aliphatic carbocycles. The Kier molecular flexibility index (Phi) is 4.88. The first-order valence-corrected chi connectivity index (χ1v) is 7.80. The van der Waals surface area contributed by atoms with Crippen molar-refractivity contribution in [1.82, 2.24) is 5.32 Å². The predicted octanol–water partition coefficient (Wildman–Crippen LogP) is 5.01. The van der Waals surface area contributed by atoms with E-state index in [1.54, 1.807) is 22.7 Å². The number of likely N-dealkylation sites (N-methyl/N-ethyl adjacent to an activating group) is 1. The highest BCUT2D eigenvalue weighted by molar-refractivity contribution is 7.16. The van der Waals surface area contributed by atoms with Gasteiger partial charge in [-0.2, -0.15) is 0 Å². The Balaban J connectivity index is 2.12. The molecule has 2 heterocycles. The van der Waals surface area contributed by atoms with Crippen LogP contribution in [0.5, 0.6) is 0 Å². The Labute approximate surface area is 119 Å². The number of hydrogen-bond donors (Lipinski definition) is 1. The maximum absolute atomic E-state index is 5.98. The second kappa shape index (κ2) is 6.21. The molecule has 0 amide bonds. The average molecular weight is 306 g/mol. The van der Waals surface area contributed by atoms with Crippen LogP contribution in [0.4, 0.5) is 0 Å². The Morgan fingerprint density at radius 1 is 1.12 bits per heavy atom. The molecule has 92 valence electrons. The van der Waals surface area contributed by atoms with Crippen LogP contribution in [0.2, 0.25) is 8.67 Å². The van der Waals surface area contributed by atoms with Crippen LogP contribution in [0.1, 0.15) is 22.7 Å². The SMILES string of the molecule is CCNC(Cc1ccc(Cl)s1)c1ccc(Cl)s1. The molecule has 0 bridgehead atoms. The number of halogens is 2. The van der Waals surface area contributed by atoms with E-state index in [1.165, 1.54) is 9.75 Å². The first kappa shape index (κ1) is 13.4. The lowest BCUT2D eigenvalue weighted by atomic mass is 10.1. The van der Waals surface area contributed by atoms with Gasteiger partial charge in [0.1, 0.15) is 0 Å². The van der Waals surface area contributed by atoms with Crippen molar-refractivity contribution in [3.8, 4) is 0 Å². The topological polar surface area (TPSA) is 12.0 Å². The van der Waals surface area contributed by atoms with Crippen molar-refractivity contribution in [3.05, 3.63) is 42.7 Å². The molecule has 5 heteroatoms.